The Bertz CT molecular complexity index is 662. The van der Waals surface area contributed by atoms with Crippen LogP contribution in [-0.4, -0.2) is 16.1 Å². The van der Waals surface area contributed by atoms with Gasteiger partial charge in [0.1, 0.15) is 0 Å². The SMILES string of the molecule is Cc1c(C2CC2)nc2c(Br)cccc2c1C(=O)O. The smallest absolute Gasteiger partial charge is 0.336 e. The van der Waals surface area contributed by atoms with Crippen molar-refractivity contribution in [3.05, 3.63) is 39.5 Å². The van der Waals surface area contributed by atoms with Crippen LogP contribution in [0, 0.1) is 6.92 Å². The monoisotopic (exact) mass is 305 g/mol. The van der Waals surface area contributed by atoms with E-state index in [-0.39, 0.29) is 0 Å². The normalized spacial score (nSPS) is 15.0. The minimum atomic E-state index is -0.875. The Balaban J connectivity index is 2.43. The molecule has 0 unspecified atom stereocenters. The number of hydrogen-bond acceptors (Lipinski definition) is 2. The number of carboxylic acid groups (broad SMARTS) is 1. The van der Waals surface area contributed by atoms with E-state index < -0.39 is 5.97 Å². The quantitative estimate of drug-likeness (QED) is 0.916. The minimum absolute atomic E-state index is 0.392. The highest BCUT2D eigenvalue weighted by atomic mass is 79.9. The molecule has 1 fully saturated rings. The molecular weight excluding hydrogens is 294 g/mol. The van der Waals surface area contributed by atoms with E-state index in [1.54, 1.807) is 0 Å². The summed E-state index contributed by atoms with van der Waals surface area (Å²) in [5.74, 6) is -0.431. The number of rotatable bonds is 2. The molecule has 1 heterocycles. The van der Waals surface area contributed by atoms with Crippen molar-refractivity contribution in [1.29, 1.82) is 0 Å². The Kier molecular flexibility index (Phi) is 2.63. The van der Waals surface area contributed by atoms with E-state index in [0.717, 1.165) is 34.1 Å². The summed E-state index contributed by atoms with van der Waals surface area (Å²) in [4.78, 5) is 16.2. The molecule has 0 atom stereocenters. The van der Waals surface area contributed by atoms with Gasteiger partial charge in [-0.1, -0.05) is 12.1 Å². The van der Waals surface area contributed by atoms with Crippen LogP contribution >= 0.6 is 15.9 Å². The summed E-state index contributed by atoms with van der Waals surface area (Å²) in [7, 11) is 0. The first-order valence-corrected chi connectivity index (χ1v) is 6.71. The summed E-state index contributed by atoms with van der Waals surface area (Å²) in [5.41, 5.74) is 2.91. The van der Waals surface area contributed by atoms with Crippen molar-refractivity contribution in [2.75, 3.05) is 0 Å². The number of carboxylic acids is 1. The Morgan fingerprint density at radius 2 is 2.17 bits per heavy atom. The lowest BCUT2D eigenvalue weighted by atomic mass is 9.99. The number of para-hydroxylation sites is 1. The van der Waals surface area contributed by atoms with Gasteiger partial charge in [0.2, 0.25) is 0 Å². The molecule has 1 saturated carbocycles. The average Bonchev–Trinajstić information content (AvgIpc) is 3.12. The van der Waals surface area contributed by atoms with Gasteiger partial charge < -0.3 is 5.11 Å². The van der Waals surface area contributed by atoms with Crippen molar-refractivity contribution in [3.8, 4) is 0 Å². The standard InChI is InChI=1S/C14H12BrNO2/c1-7-11(14(17)18)9-3-2-4-10(15)13(9)16-12(7)8-5-6-8/h2-4,8H,5-6H2,1H3,(H,17,18). The minimum Gasteiger partial charge on any atom is -0.478 e. The van der Waals surface area contributed by atoms with Gasteiger partial charge in [-0.05, 0) is 47.3 Å². The fraction of sp³-hybridized carbons (Fsp3) is 0.286. The second kappa shape index (κ2) is 4.05. The molecule has 3 nitrogen and oxygen atoms in total. The van der Waals surface area contributed by atoms with Crippen LogP contribution in [0.5, 0.6) is 0 Å². The van der Waals surface area contributed by atoms with Crippen molar-refractivity contribution < 1.29 is 9.90 Å². The van der Waals surface area contributed by atoms with Gasteiger partial charge in [-0.3, -0.25) is 4.98 Å². The second-order valence-corrected chi connectivity index (χ2v) is 5.57. The zero-order valence-electron chi connectivity index (χ0n) is 9.90. The van der Waals surface area contributed by atoms with E-state index >= 15 is 0 Å². The molecule has 1 N–H and O–H groups in total. The van der Waals surface area contributed by atoms with E-state index in [0.29, 0.717) is 16.9 Å². The van der Waals surface area contributed by atoms with Crippen LogP contribution in [0.2, 0.25) is 0 Å². The van der Waals surface area contributed by atoms with Crippen LogP contribution in [-0.2, 0) is 0 Å². The predicted octanol–water partition coefficient (Wildman–Crippen LogP) is 3.88. The second-order valence-electron chi connectivity index (χ2n) is 4.71. The van der Waals surface area contributed by atoms with E-state index in [9.17, 15) is 9.90 Å². The number of benzene rings is 1. The number of nitrogens with zero attached hydrogens (tertiary/aromatic N) is 1. The number of carbonyl (C=O) groups is 1. The van der Waals surface area contributed by atoms with Crippen LogP contribution < -0.4 is 0 Å². The van der Waals surface area contributed by atoms with Gasteiger partial charge >= 0.3 is 5.97 Å². The summed E-state index contributed by atoms with van der Waals surface area (Å²) in [6.45, 7) is 1.87. The molecule has 0 radical (unpaired) electrons. The molecule has 2 aromatic rings. The molecule has 3 rings (SSSR count). The molecule has 0 aliphatic heterocycles. The lowest BCUT2D eigenvalue weighted by molar-refractivity contribution is 0.0698. The maximum atomic E-state index is 11.5. The van der Waals surface area contributed by atoms with Crippen molar-refractivity contribution in [2.45, 2.75) is 25.7 Å². The first-order chi connectivity index (χ1) is 8.59. The highest BCUT2D eigenvalue weighted by Crippen LogP contribution is 2.42. The Hall–Kier alpha value is -1.42. The van der Waals surface area contributed by atoms with Crippen LogP contribution in [0.4, 0.5) is 0 Å². The van der Waals surface area contributed by atoms with Crippen LogP contribution in [0.15, 0.2) is 22.7 Å². The molecule has 0 saturated heterocycles. The maximum absolute atomic E-state index is 11.5. The van der Waals surface area contributed by atoms with Gasteiger partial charge in [0, 0.05) is 21.5 Å². The molecule has 1 aromatic carbocycles. The van der Waals surface area contributed by atoms with Crippen molar-refractivity contribution in [1.82, 2.24) is 4.98 Å². The molecule has 1 aromatic heterocycles. The summed E-state index contributed by atoms with van der Waals surface area (Å²) in [5, 5.41) is 10.1. The summed E-state index contributed by atoms with van der Waals surface area (Å²) < 4.78 is 0.851. The molecule has 92 valence electrons. The molecular formula is C14H12BrNO2. The Morgan fingerprint density at radius 3 is 2.78 bits per heavy atom. The van der Waals surface area contributed by atoms with Crippen molar-refractivity contribution in [2.24, 2.45) is 0 Å². The highest BCUT2D eigenvalue weighted by Gasteiger charge is 2.30. The Labute approximate surface area is 113 Å². The number of aromatic nitrogens is 1. The number of aromatic carboxylic acids is 1. The lowest BCUT2D eigenvalue weighted by Gasteiger charge is -2.12. The largest absolute Gasteiger partial charge is 0.478 e. The van der Waals surface area contributed by atoms with Gasteiger partial charge in [0.15, 0.2) is 0 Å². The van der Waals surface area contributed by atoms with Crippen LogP contribution in [0.3, 0.4) is 0 Å². The van der Waals surface area contributed by atoms with Gasteiger partial charge in [0.05, 0.1) is 11.1 Å². The molecule has 0 bridgehead atoms. The fourth-order valence-electron chi connectivity index (χ4n) is 2.39. The molecule has 1 aliphatic carbocycles. The van der Waals surface area contributed by atoms with E-state index in [4.69, 9.17) is 0 Å². The number of pyridine rings is 1. The third-order valence-corrected chi connectivity index (χ3v) is 4.07. The number of fused-ring (bicyclic) bond motifs is 1. The van der Waals surface area contributed by atoms with E-state index in [2.05, 4.69) is 20.9 Å². The summed E-state index contributed by atoms with van der Waals surface area (Å²) in [6.07, 6.45) is 2.23. The molecule has 0 amide bonds. The molecule has 1 aliphatic rings. The third-order valence-electron chi connectivity index (χ3n) is 3.43. The lowest BCUT2D eigenvalue weighted by Crippen LogP contribution is -2.06. The number of halogens is 1. The third kappa shape index (κ3) is 1.72. The van der Waals surface area contributed by atoms with Crippen LogP contribution in [0.1, 0.15) is 40.4 Å². The van der Waals surface area contributed by atoms with Gasteiger partial charge in [-0.2, -0.15) is 0 Å². The number of hydrogen-bond donors (Lipinski definition) is 1. The fourth-order valence-corrected chi connectivity index (χ4v) is 2.85. The maximum Gasteiger partial charge on any atom is 0.336 e. The highest BCUT2D eigenvalue weighted by molar-refractivity contribution is 9.10. The van der Waals surface area contributed by atoms with E-state index in [1.807, 2.05) is 25.1 Å². The van der Waals surface area contributed by atoms with Crippen LogP contribution in [0.25, 0.3) is 10.9 Å². The molecule has 4 heteroatoms. The van der Waals surface area contributed by atoms with Gasteiger partial charge in [0.25, 0.3) is 0 Å². The predicted molar refractivity (Wildman–Crippen MR) is 73.1 cm³/mol. The van der Waals surface area contributed by atoms with Crippen molar-refractivity contribution >= 4 is 32.8 Å². The molecule has 18 heavy (non-hydrogen) atoms. The first kappa shape index (κ1) is 11.7. The Morgan fingerprint density at radius 1 is 1.44 bits per heavy atom. The summed E-state index contributed by atoms with van der Waals surface area (Å²) in [6, 6.07) is 5.56. The van der Waals surface area contributed by atoms with Crippen molar-refractivity contribution in [3.63, 3.8) is 0 Å². The van der Waals surface area contributed by atoms with E-state index in [1.165, 1.54) is 0 Å². The first-order valence-electron chi connectivity index (χ1n) is 5.91. The molecule has 0 spiro atoms. The zero-order chi connectivity index (χ0) is 12.9. The average molecular weight is 306 g/mol. The van der Waals surface area contributed by atoms with Gasteiger partial charge in [-0.25, -0.2) is 4.79 Å². The summed E-state index contributed by atoms with van der Waals surface area (Å²) >= 11 is 3.45. The zero-order valence-corrected chi connectivity index (χ0v) is 11.5. The van der Waals surface area contributed by atoms with Gasteiger partial charge in [-0.15, -0.1) is 0 Å². The topological polar surface area (TPSA) is 50.2 Å².